The van der Waals surface area contributed by atoms with Crippen LogP contribution in [0.2, 0.25) is 0 Å². The molecule has 0 aliphatic rings. The summed E-state index contributed by atoms with van der Waals surface area (Å²) in [6, 6.07) is -1.59. The predicted molar refractivity (Wildman–Crippen MR) is 65.7 cm³/mol. The van der Waals surface area contributed by atoms with Gasteiger partial charge in [0.05, 0.1) is 6.04 Å². The zero-order chi connectivity index (χ0) is 14.0. The minimum absolute atomic E-state index is 0.00526. The molecule has 2 atom stereocenters. The minimum atomic E-state index is -1.14. The molecule has 0 heterocycles. The van der Waals surface area contributed by atoms with E-state index in [1.165, 1.54) is 0 Å². The standard InChI is InChI=1S/C11H21N3O4/c12-6-2-1-3-8(7-15)14-10(16)5-4-9(13)11(17)18/h7-9H,1-6,12-13H2,(H,14,16)(H,17,18). The molecule has 1 amide bonds. The Morgan fingerprint density at radius 3 is 2.44 bits per heavy atom. The van der Waals surface area contributed by atoms with Crippen LogP contribution in [0.3, 0.4) is 0 Å². The maximum atomic E-state index is 11.4. The molecule has 2 unspecified atom stereocenters. The number of nitrogens with one attached hydrogen (secondary N) is 1. The SMILES string of the molecule is NCCCCC(C=O)NC(=O)CCC(N)C(=O)O. The monoisotopic (exact) mass is 259 g/mol. The summed E-state index contributed by atoms with van der Waals surface area (Å²) < 4.78 is 0. The molecule has 0 aromatic heterocycles. The molecule has 6 N–H and O–H groups in total. The van der Waals surface area contributed by atoms with E-state index in [0.29, 0.717) is 19.3 Å². The van der Waals surface area contributed by atoms with Crippen molar-refractivity contribution in [2.45, 2.75) is 44.2 Å². The van der Waals surface area contributed by atoms with Gasteiger partial charge in [-0.3, -0.25) is 9.59 Å². The van der Waals surface area contributed by atoms with E-state index >= 15 is 0 Å². The molecule has 7 nitrogen and oxygen atoms in total. The largest absolute Gasteiger partial charge is 0.480 e. The fraction of sp³-hybridized carbons (Fsp3) is 0.727. The number of hydrogen-bond acceptors (Lipinski definition) is 5. The van der Waals surface area contributed by atoms with Crippen molar-refractivity contribution < 1.29 is 19.5 Å². The van der Waals surface area contributed by atoms with Crippen LogP contribution in [0.5, 0.6) is 0 Å². The van der Waals surface area contributed by atoms with Gasteiger partial charge in [-0.1, -0.05) is 0 Å². The first-order valence-electron chi connectivity index (χ1n) is 5.94. The Kier molecular flexibility index (Phi) is 8.77. The molecule has 0 saturated heterocycles. The molecular formula is C11H21N3O4. The van der Waals surface area contributed by atoms with Gasteiger partial charge < -0.3 is 26.7 Å². The van der Waals surface area contributed by atoms with Gasteiger partial charge in [0.25, 0.3) is 0 Å². The molecule has 0 spiro atoms. The lowest BCUT2D eigenvalue weighted by atomic mass is 10.1. The molecule has 104 valence electrons. The van der Waals surface area contributed by atoms with E-state index in [9.17, 15) is 14.4 Å². The summed E-state index contributed by atoms with van der Waals surface area (Å²) >= 11 is 0. The number of hydrogen-bond donors (Lipinski definition) is 4. The summed E-state index contributed by atoms with van der Waals surface area (Å²) in [7, 11) is 0. The van der Waals surface area contributed by atoms with Gasteiger partial charge in [-0.05, 0) is 32.2 Å². The Bertz CT molecular complexity index is 283. The van der Waals surface area contributed by atoms with Crippen molar-refractivity contribution in [2.24, 2.45) is 11.5 Å². The normalized spacial score (nSPS) is 13.7. The molecule has 0 fully saturated rings. The number of amides is 1. The molecule has 0 aromatic carbocycles. The van der Waals surface area contributed by atoms with E-state index in [0.717, 1.165) is 12.8 Å². The highest BCUT2D eigenvalue weighted by Gasteiger charge is 2.15. The zero-order valence-electron chi connectivity index (χ0n) is 10.3. The number of rotatable bonds is 10. The lowest BCUT2D eigenvalue weighted by molar-refractivity contribution is -0.138. The van der Waals surface area contributed by atoms with Crippen molar-refractivity contribution in [1.29, 1.82) is 0 Å². The van der Waals surface area contributed by atoms with Crippen LogP contribution in [-0.2, 0) is 14.4 Å². The molecule has 0 rings (SSSR count). The summed E-state index contributed by atoms with van der Waals surface area (Å²) in [5.41, 5.74) is 10.6. The van der Waals surface area contributed by atoms with Crippen LogP contribution < -0.4 is 16.8 Å². The van der Waals surface area contributed by atoms with Crippen LogP contribution in [0.1, 0.15) is 32.1 Å². The van der Waals surface area contributed by atoms with Crippen molar-refractivity contribution in [3.8, 4) is 0 Å². The first kappa shape index (κ1) is 16.5. The van der Waals surface area contributed by atoms with Crippen molar-refractivity contribution in [1.82, 2.24) is 5.32 Å². The van der Waals surface area contributed by atoms with Crippen molar-refractivity contribution in [2.75, 3.05) is 6.54 Å². The van der Waals surface area contributed by atoms with Gasteiger partial charge in [0.15, 0.2) is 0 Å². The Morgan fingerprint density at radius 1 is 1.28 bits per heavy atom. The number of unbranched alkanes of at least 4 members (excludes halogenated alkanes) is 1. The van der Waals surface area contributed by atoms with Crippen molar-refractivity contribution in [3.63, 3.8) is 0 Å². The quantitative estimate of drug-likeness (QED) is 0.293. The summed E-state index contributed by atoms with van der Waals surface area (Å²) in [4.78, 5) is 32.6. The van der Waals surface area contributed by atoms with E-state index < -0.39 is 18.1 Å². The first-order chi connectivity index (χ1) is 8.51. The average Bonchev–Trinajstić information content (AvgIpc) is 2.34. The van der Waals surface area contributed by atoms with Gasteiger partial charge in [-0.15, -0.1) is 0 Å². The molecule has 18 heavy (non-hydrogen) atoms. The van der Waals surface area contributed by atoms with E-state index in [2.05, 4.69) is 5.32 Å². The minimum Gasteiger partial charge on any atom is -0.480 e. The Labute approximate surface area is 106 Å². The molecular weight excluding hydrogens is 238 g/mol. The van der Waals surface area contributed by atoms with Gasteiger partial charge in [0, 0.05) is 6.42 Å². The molecule has 0 saturated carbocycles. The summed E-state index contributed by atoms with van der Waals surface area (Å²) in [6.45, 7) is 0.549. The fourth-order valence-electron chi connectivity index (χ4n) is 1.37. The highest BCUT2D eigenvalue weighted by Crippen LogP contribution is 2.00. The maximum absolute atomic E-state index is 11.4. The highest BCUT2D eigenvalue weighted by atomic mass is 16.4. The molecule has 0 aliphatic heterocycles. The van der Waals surface area contributed by atoms with Crippen molar-refractivity contribution in [3.05, 3.63) is 0 Å². The summed E-state index contributed by atoms with van der Waals surface area (Å²) in [5.74, 6) is -1.51. The van der Waals surface area contributed by atoms with Crippen LogP contribution in [-0.4, -0.2) is 41.9 Å². The maximum Gasteiger partial charge on any atom is 0.320 e. The zero-order valence-corrected chi connectivity index (χ0v) is 10.3. The Morgan fingerprint density at radius 2 is 1.94 bits per heavy atom. The third-order valence-electron chi connectivity index (χ3n) is 2.48. The smallest absolute Gasteiger partial charge is 0.320 e. The molecule has 0 aromatic rings. The molecule has 0 bridgehead atoms. The van der Waals surface area contributed by atoms with E-state index in [-0.39, 0.29) is 18.7 Å². The number of carbonyl (C=O) groups is 3. The number of aliphatic carboxylic acids is 1. The van der Waals surface area contributed by atoms with Crippen LogP contribution in [0.25, 0.3) is 0 Å². The summed E-state index contributed by atoms with van der Waals surface area (Å²) in [6.07, 6.45) is 2.81. The van der Waals surface area contributed by atoms with Crippen LogP contribution in [0, 0.1) is 0 Å². The summed E-state index contributed by atoms with van der Waals surface area (Å²) in [5, 5.41) is 11.1. The molecule has 0 radical (unpaired) electrons. The van der Waals surface area contributed by atoms with Gasteiger partial charge in [-0.25, -0.2) is 0 Å². The fourth-order valence-corrected chi connectivity index (χ4v) is 1.37. The Balaban J connectivity index is 3.89. The van der Waals surface area contributed by atoms with Gasteiger partial charge >= 0.3 is 5.97 Å². The third-order valence-corrected chi connectivity index (χ3v) is 2.48. The van der Waals surface area contributed by atoms with Gasteiger partial charge in [0.2, 0.25) is 5.91 Å². The second kappa shape index (κ2) is 9.55. The van der Waals surface area contributed by atoms with Gasteiger partial charge in [-0.2, -0.15) is 0 Å². The number of carboxylic acids is 1. The van der Waals surface area contributed by atoms with Gasteiger partial charge in [0.1, 0.15) is 12.3 Å². The lowest BCUT2D eigenvalue weighted by Gasteiger charge is -2.13. The Hall–Kier alpha value is -1.47. The number of aldehydes is 1. The number of carboxylic acid groups (broad SMARTS) is 1. The lowest BCUT2D eigenvalue weighted by Crippen LogP contribution is -2.38. The van der Waals surface area contributed by atoms with Crippen LogP contribution in [0.15, 0.2) is 0 Å². The molecule has 7 heteroatoms. The topological polar surface area (TPSA) is 136 Å². The predicted octanol–water partition coefficient (Wildman–Crippen LogP) is -1.01. The van der Waals surface area contributed by atoms with Crippen molar-refractivity contribution >= 4 is 18.2 Å². The molecule has 0 aliphatic carbocycles. The van der Waals surface area contributed by atoms with E-state index in [1.54, 1.807) is 0 Å². The number of carbonyl (C=O) groups excluding carboxylic acids is 2. The first-order valence-corrected chi connectivity index (χ1v) is 5.94. The average molecular weight is 259 g/mol. The highest BCUT2D eigenvalue weighted by molar-refractivity contribution is 5.80. The van der Waals surface area contributed by atoms with E-state index in [4.69, 9.17) is 16.6 Å². The number of nitrogens with two attached hydrogens (primary N) is 2. The van der Waals surface area contributed by atoms with E-state index in [1.807, 2.05) is 0 Å². The van der Waals surface area contributed by atoms with Crippen LogP contribution in [0.4, 0.5) is 0 Å². The van der Waals surface area contributed by atoms with Crippen LogP contribution >= 0.6 is 0 Å². The second-order valence-electron chi connectivity index (χ2n) is 4.08. The third kappa shape index (κ3) is 7.75. The second-order valence-corrected chi connectivity index (χ2v) is 4.08.